The molecule has 2 aromatic rings. The average molecular weight is 257 g/mol. The van der Waals surface area contributed by atoms with Gasteiger partial charge in [0.15, 0.2) is 6.29 Å². The summed E-state index contributed by atoms with van der Waals surface area (Å²) in [5, 5.41) is 0. The maximum absolute atomic E-state index is 10.5. The largest absolute Gasteiger partial charge is 0.497 e. The SMILES string of the molecule is COc1ccc(CN(C)c2ncc(C=O)cn2)cc1. The second-order valence-corrected chi connectivity index (χ2v) is 4.14. The van der Waals surface area contributed by atoms with E-state index in [0.717, 1.165) is 17.6 Å². The van der Waals surface area contributed by atoms with Crippen molar-refractivity contribution in [3.05, 3.63) is 47.8 Å². The zero-order chi connectivity index (χ0) is 13.7. The Morgan fingerprint density at radius 3 is 2.37 bits per heavy atom. The fraction of sp³-hybridized carbons (Fsp3) is 0.214. The molecule has 0 amide bonds. The average Bonchev–Trinajstić information content (AvgIpc) is 2.48. The summed E-state index contributed by atoms with van der Waals surface area (Å²) < 4.78 is 5.11. The van der Waals surface area contributed by atoms with Crippen molar-refractivity contribution in [3.63, 3.8) is 0 Å². The fourth-order valence-electron chi connectivity index (χ4n) is 1.66. The van der Waals surface area contributed by atoms with Gasteiger partial charge in [-0.3, -0.25) is 4.79 Å². The van der Waals surface area contributed by atoms with Gasteiger partial charge in [-0.05, 0) is 17.7 Å². The highest BCUT2D eigenvalue weighted by Gasteiger charge is 2.05. The lowest BCUT2D eigenvalue weighted by molar-refractivity contribution is 0.112. The lowest BCUT2D eigenvalue weighted by atomic mass is 10.2. The molecular weight excluding hydrogens is 242 g/mol. The number of carbonyl (C=O) groups excluding carboxylic acids is 1. The van der Waals surface area contributed by atoms with Crippen LogP contribution in [0.15, 0.2) is 36.7 Å². The van der Waals surface area contributed by atoms with Crippen LogP contribution in [0.25, 0.3) is 0 Å². The summed E-state index contributed by atoms with van der Waals surface area (Å²) in [6.45, 7) is 0.685. The Balaban J connectivity index is 2.06. The number of methoxy groups -OCH3 is 1. The molecule has 0 unspecified atom stereocenters. The van der Waals surface area contributed by atoms with Crippen LogP contribution in [0.3, 0.4) is 0 Å². The van der Waals surface area contributed by atoms with Crippen LogP contribution in [0, 0.1) is 0 Å². The minimum absolute atomic E-state index is 0.474. The Morgan fingerprint density at radius 1 is 1.21 bits per heavy atom. The number of hydrogen-bond acceptors (Lipinski definition) is 5. The molecule has 0 saturated heterocycles. The van der Waals surface area contributed by atoms with Gasteiger partial charge in [0.2, 0.25) is 5.95 Å². The molecule has 0 aliphatic rings. The molecule has 5 nitrogen and oxygen atoms in total. The Labute approximate surface area is 111 Å². The van der Waals surface area contributed by atoms with Crippen molar-refractivity contribution in [1.82, 2.24) is 9.97 Å². The number of nitrogens with zero attached hydrogens (tertiary/aromatic N) is 3. The summed E-state index contributed by atoms with van der Waals surface area (Å²) in [5.74, 6) is 1.42. The van der Waals surface area contributed by atoms with Crippen molar-refractivity contribution in [2.24, 2.45) is 0 Å². The molecule has 0 saturated carbocycles. The Bertz CT molecular complexity index is 538. The predicted molar refractivity (Wildman–Crippen MR) is 72.5 cm³/mol. The summed E-state index contributed by atoms with van der Waals surface area (Å²) in [5.41, 5.74) is 1.60. The van der Waals surface area contributed by atoms with E-state index < -0.39 is 0 Å². The molecule has 0 atom stereocenters. The van der Waals surface area contributed by atoms with Crippen LogP contribution in [0.4, 0.5) is 5.95 Å². The van der Waals surface area contributed by atoms with E-state index >= 15 is 0 Å². The number of aldehydes is 1. The van der Waals surface area contributed by atoms with Gasteiger partial charge in [0.1, 0.15) is 5.75 Å². The van der Waals surface area contributed by atoms with Gasteiger partial charge in [0.05, 0.1) is 12.7 Å². The van der Waals surface area contributed by atoms with E-state index in [1.165, 1.54) is 12.4 Å². The van der Waals surface area contributed by atoms with Gasteiger partial charge >= 0.3 is 0 Å². The molecule has 0 fully saturated rings. The van der Waals surface area contributed by atoms with Crippen LogP contribution in [0.2, 0.25) is 0 Å². The summed E-state index contributed by atoms with van der Waals surface area (Å²) in [4.78, 5) is 20.7. The van der Waals surface area contributed by atoms with Gasteiger partial charge in [-0.25, -0.2) is 9.97 Å². The van der Waals surface area contributed by atoms with E-state index in [9.17, 15) is 4.79 Å². The van der Waals surface area contributed by atoms with Crippen molar-refractivity contribution in [2.45, 2.75) is 6.54 Å². The number of carbonyl (C=O) groups is 1. The maximum atomic E-state index is 10.5. The molecule has 1 heterocycles. The molecule has 19 heavy (non-hydrogen) atoms. The molecule has 0 radical (unpaired) electrons. The summed E-state index contributed by atoms with van der Waals surface area (Å²) in [6, 6.07) is 7.82. The van der Waals surface area contributed by atoms with E-state index in [1.54, 1.807) is 7.11 Å². The van der Waals surface area contributed by atoms with Crippen molar-refractivity contribution < 1.29 is 9.53 Å². The Hall–Kier alpha value is -2.43. The second kappa shape index (κ2) is 5.95. The number of ether oxygens (including phenoxy) is 1. The second-order valence-electron chi connectivity index (χ2n) is 4.14. The Kier molecular flexibility index (Phi) is 4.07. The van der Waals surface area contributed by atoms with Crippen molar-refractivity contribution >= 4 is 12.2 Å². The van der Waals surface area contributed by atoms with Gasteiger partial charge in [-0.15, -0.1) is 0 Å². The molecular formula is C14H15N3O2. The van der Waals surface area contributed by atoms with Gasteiger partial charge < -0.3 is 9.64 Å². The van der Waals surface area contributed by atoms with Crippen molar-refractivity contribution in [2.75, 3.05) is 19.1 Å². The normalized spacial score (nSPS) is 10.0. The molecule has 5 heteroatoms. The summed E-state index contributed by atoms with van der Waals surface area (Å²) >= 11 is 0. The van der Waals surface area contributed by atoms with E-state index in [0.29, 0.717) is 18.1 Å². The first-order valence-corrected chi connectivity index (χ1v) is 5.84. The minimum atomic E-state index is 0.474. The first-order valence-electron chi connectivity index (χ1n) is 5.84. The van der Waals surface area contributed by atoms with Crippen LogP contribution in [0.5, 0.6) is 5.75 Å². The number of anilines is 1. The standard InChI is InChI=1S/C14H15N3O2/c1-17(14-15-7-12(10-18)8-16-14)9-11-3-5-13(19-2)6-4-11/h3-8,10H,9H2,1-2H3. The third-order valence-electron chi connectivity index (χ3n) is 2.71. The highest BCUT2D eigenvalue weighted by Crippen LogP contribution is 2.14. The Morgan fingerprint density at radius 2 is 1.84 bits per heavy atom. The smallest absolute Gasteiger partial charge is 0.225 e. The van der Waals surface area contributed by atoms with Gasteiger partial charge in [-0.1, -0.05) is 12.1 Å². The third-order valence-corrected chi connectivity index (χ3v) is 2.71. The van der Waals surface area contributed by atoms with Crippen LogP contribution in [0.1, 0.15) is 15.9 Å². The first-order chi connectivity index (χ1) is 9.22. The van der Waals surface area contributed by atoms with Crippen molar-refractivity contribution in [1.29, 1.82) is 0 Å². The van der Waals surface area contributed by atoms with E-state index in [2.05, 4.69) is 9.97 Å². The van der Waals surface area contributed by atoms with Crippen LogP contribution in [-0.4, -0.2) is 30.4 Å². The van der Waals surface area contributed by atoms with Crippen LogP contribution >= 0.6 is 0 Å². The van der Waals surface area contributed by atoms with Crippen LogP contribution < -0.4 is 9.64 Å². The maximum Gasteiger partial charge on any atom is 0.225 e. The lowest BCUT2D eigenvalue weighted by Crippen LogP contribution is -2.19. The fourth-order valence-corrected chi connectivity index (χ4v) is 1.66. The number of aromatic nitrogens is 2. The van der Waals surface area contributed by atoms with Crippen molar-refractivity contribution in [3.8, 4) is 5.75 Å². The van der Waals surface area contributed by atoms with Gasteiger partial charge in [0.25, 0.3) is 0 Å². The molecule has 2 rings (SSSR count). The zero-order valence-electron chi connectivity index (χ0n) is 10.9. The molecule has 0 spiro atoms. The highest BCUT2D eigenvalue weighted by molar-refractivity contribution is 5.73. The quantitative estimate of drug-likeness (QED) is 0.766. The molecule has 0 bridgehead atoms. The van der Waals surface area contributed by atoms with Crippen LogP contribution in [-0.2, 0) is 6.54 Å². The molecule has 0 aliphatic carbocycles. The monoisotopic (exact) mass is 257 g/mol. The van der Waals surface area contributed by atoms with Gasteiger partial charge in [-0.2, -0.15) is 0 Å². The predicted octanol–water partition coefficient (Wildman–Crippen LogP) is 1.93. The van der Waals surface area contributed by atoms with E-state index in [-0.39, 0.29) is 0 Å². The number of rotatable bonds is 5. The number of hydrogen-bond donors (Lipinski definition) is 0. The molecule has 0 aliphatic heterocycles. The highest BCUT2D eigenvalue weighted by atomic mass is 16.5. The lowest BCUT2D eigenvalue weighted by Gasteiger charge is -2.16. The topological polar surface area (TPSA) is 55.3 Å². The summed E-state index contributed by atoms with van der Waals surface area (Å²) in [7, 11) is 3.55. The molecule has 0 N–H and O–H groups in total. The van der Waals surface area contributed by atoms with E-state index in [4.69, 9.17) is 4.74 Å². The van der Waals surface area contributed by atoms with Gasteiger partial charge in [0, 0.05) is 26.0 Å². The molecule has 1 aromatic heterocycles. The molecule has 1 aromatic carbocycles. The third kappa shape index (κ3) is 3.28. The number of benzene rings is 1. The molecule has 98 valence electrons. The summed E-state index contributed by atoms with van der Waals surface area (Å²) in [6.07, 6.45) is 3.76. The first kappa shape index (κ1) is 13.0. The minimum Gasteiger partial charge on any atom is -0.497 e. The zero-order valence-corrected chi connectivity index (χ0v) is 10.9. The van der Waals surface area contributed by atoms with E-state index in [1.807, 2.05) is 36.2 Å².